The number of rotatable bonds is 2. The highest BCUT2D eigenvalue weighted by Gasteiger charge is 2.21. The van der Waals surface area contributed by atoms with E-state index in [-0.39, 0.29) is 11.6 Å². The van der Waals surface area contributed by atoms with E-state index in [1.54, 1.807) is 0 Å². The Kier molecular flexibility index (Phi) is 2.89. The van der Waals surface area contributed by atoms with Crippen LogP contribution < -0.4 is 4.90 Å². The first-order valence-corrected chi connectivity index (χ1v) is 5.36. The summed E-state index contributed by atoms with van der Waals surface area (Å²) >= 11 is 0. The summed E-state index contributed by atoms with van der Waals surface area (Å²) in [6, 6.07) is 3.98. The molecule has 1 aliphatic carbocycles. The highest BCUT2D eigenvalue weighted by atomic mass is 19.1. The molecule has 2 rings (SSSR count). The third-order valence-electron chi connectivity index (χ3n) is 3.16. The van der Waals surface area contributed by atoms with E-state index in [4.69, 9.17) is 0 Å². The predicted molar refractivity (Wildman–Crippen MR) is 57.0 cm³/mol. The smallest absolute Gasteiger partial charge is 0.146 e. The van der Waals surface area contributed by atoms with Crippen molar-refractivity contribution in [2.75, 3.05) is 11.9 Å². The Morgan fingerprint density at radius 1 is 1.20 bits per heavy atom. The molecule has 0 atom stereocenters. The average Bonchev–Trinajstić information content (AvgIpc) is 2.74. The van der Waals surface area contributed by atoms with Crippen LogP contribution in [0.15, 0.2) is 18.2 Å². The van der Waals surface area contributed by atoms with Crippen LogP contribution in [-0.4, -0.2) is 13.1 Å². The van der Waals surface area contributed by atoms with Gasteiger partial charge in [-0.25, -0.2) is 8.78 Å². The predicted octanol–water partition coefficient (Wildman–Crippen LogP) is 3.34. The summed E-state index contributed by atoms with van der Waals surface area (Å²) in [5.74, 6) is -0.720. The maximum absolute atomic E-state index is 13.5. The molecule has 0 unspecified atom stereocenters. The second kappa shape index (κ2) is 4.17. The van der Waals surface area contributed by atoms with Crippen molar-refractivity contribution in [3.05, 3.63) is 29.8 Å². The maximum atomic E-state index is 13.5. The van der Waals surface area contributed by atoms with Gasteiger partial charge in [0.25, 0.3) is 0 Å². The Morgan fingerprint density at radius 2 is 1.87 bits per heavy atom. The highest BCUT2D eigenvalue weighted by molar-refractivity contribution is 5.48. The van der Waals surface area contributed by atoms with Crippen LogP contribution >= 0.6 is 0 Å². The molecule has 0 bridgehead atoms. The van der Waals surface area contributed by atoms with Crippen LogP contribution in [0.4, 0.5) is 14.5 Å². The third kappa shape index (κ3) is 2.11. The molecule has 0 amide bonds. The molecule has 0 saturated heterocycles. The van der Waals surface area contributed by atoms with E-state index in [0.717, 1.165) is 18.9 Å². The number of halogens is 2. The summed E-state index contributed by atoms with van der Waals surface area (Å²) in [6.07, 6.45) is 4.52. The molecular weight excluding hydrogens is 196 g/mol. The fourth-order valence-electron chi connectivity index (χ4n) is 2.24. The topological polar surface area (TPSA) is 3.24 Å². The summed E-state index contributed by atoms with van der Waals surface area (Å²) in [4.78, 5) is 1.87. The number of hydrogen-bond acceptors (Lipinski definition) is 1. The second-order valence-corrected chi connectivity index (χ2v) is 4.14. The van der Waals surface area contributed by atoms with Crippen molar-refractivity contribution in [3.63, 3.8) is 0 Å². The van der Waals surface area contributed by atoms with Crippen molar-refractivity contribution in [3.8, 4) is 0 Å². The minimum absolute atomic E-state index is 0.342. The van der Waals surface area contributed by atoms with Gasteiger partial charge >= 0.3 is 0 Å². The average molecular weight is 211 g/mol. The van der Waals surface area contributed by atoms with Crippen LogP contribution in [0.5, 0.6) is 0 Å². The summed E-state index contributed by atoms with van der Waals surface area (Å²) in [5.41, 5.74) is 0.377. The lowest BCUT2D eigenvalue weighted by Crippen LogP contribution is -2.29. The Hall–Kier alpha value is -1.12. The van der Waals surface area contributed by atoms with Gasteiger partial charge in [0.1, 0.15) is 11.6 Å². The lowest BCUT2D eigenvalue weighted by atomic mass is 10.2. The van der Waals surface area contributed by atoms with Crippen LogP contribution in [0.2, 0.25) is 0 Å². The van der Waals surface area contributed by atoms with Gasteiger partial charge in [-0.1, -0.05) is 12.8 Å². The quantitative estimate of drug-likeness (QED) is 0.725. The Labute approximate surface area is 88.7 Å². The van der Waals surface area contributed by atoms with E-state index >= 15 is 0 Å². The summed E-state index contributed by atoms with van der Waals surface area (Å²) in [6.45, 7) is 0. The van der Waals surface area contributed by atoms with E-state index < -0.39 is 0 Å². The SMILES string of the molecule is CN(c1cc(F)ccc1F)C1CCCC1. The maximum Gasteiger partial charge on any atom is 0.146 e. The van der Waals surface area contributed by atoms with E-state index in [9.17, 15) is 8.78 Å². The molecule has 1 aromatic rings. The van der Waals surface area contributed by atoms with E-state index in [0.29, 0.717) is 11.7 Å². The van der Waals surface area contributed by atoms with Gasteiger partial charge in [-0.3, -0.25) is 0 Å². The fourth-order valence-corrected chi connectivity index (χ4v) is 2.24. The largest absolute Gasteiger partial charge is 0.369 e. The van der Waals surface area contributed by atoms with Gasteiger partial charge in [-0.15, -0.1) is 0 Å². The summed E-state index contributed by atoms with van der Waals surface area (Å²) in [7, 11) is 1.84. The van der Waals surface area contributed by atoms with Gasteiger partial charge in [-0.2, -0.15) is 0 Å². The van der Waals surface area contributed by atoms with Crippen molar-refractivity contribution >= 4 is 5.69 Å². The van der Waals surface area contributed by atoms with Crippen LogP contribution in [0.25, 0.3) is 0 Å². The van der Waals surface area contributed by atoms with Gasteiger partial charge in [0.2, 0.25) is 0 Å². The second-order valence-electron chi connectivity index (χ2n) is 4.14. The van der Waals surface area contributed by atoms with Crippen LogP contribution in [0.1, 0.15) is 25.7 Å². The Bertz CT molecular complexity index is 345. The molecule has 0 N–H and O–H groups in total. The fraction of sp³-hybridized carbons (Fsp3) is 0.500. The monoisotopic (exact) mass is 211 g/mol. The van der Waals surface area contributed by atoms with Crippen LogP contribution in [-0.2, 0) is 0 Å². The Balaban J connectivity index is 2.23. The van der Waals surface area contributed by atoms with Gasteiger partial charge in [0.05, 0.1) is 5.69 Å². The van der Waals surface area contributed by atoms with Crippen molar-refractivity contribution in [1.29, 1.82) is 0 Å². The molecule has 3 heteroatoms. The first kappa shape index (κ1) is 10.4. The number of anilines is 1. The molecule has 0 radical (unpaired) electrons. The molecule has 1 saturated carbocycles. The normalized spacial score (nSPS) is 17.0. The molecule has 1 fully saturated rings. The summed E-state index contributed by atoms with van der Waals surface area (Å²) < 4.78 is 26.5. The molecule has 15 heavy (non-hydrogen) atoms. The standard InChI is InChI=1S/C12H15F2N/c1-15(10-4-2-3-5-10)12-8-9(13)6-7-11(12)14/h6-8,10H,2-5H2,1H3. The van der Waals surface area contributed by atoms with Crippen LogP contribution in [0.3, 0.4) is 0 Å². The van der Waals surface area contributed by atoms with Crippen molar-refractivity contribution < 1.29 is 8.78 Å². The van der Waals surface area contributed by atoms with E-state index in [1.807, 2.05) is 11.9 Å². The molecule has 0 heterocycles. The molecule has 1 nitrogen and oxygen atoms in total. The van der Waals surface area contributed by atoms with Crippen LogP contribution in [0, 0.1) is 11.6 Å². The molecule has 1 aliphatic rings. The van der Waals surface area contributed by atoms with Gasteiger partial charge in [-0.05, 0) is 25.0 Å². The molecule has 0 aliphatic heterocycles. The highest BCUT2D eigenvalue weighted by Crippen LogP contribution is 2.28. The van der Waals surface area contributed by atoms with Crippen molar-refractivity contribution in [2.24, 2.45) is 0 Å². The zero-order valence-electron chi connectivity index (χ0n) is 8.84. The Morgan fingerprint density at radius 3 is 2.53 bits per heavy atom. The zero-order valence-corrected chi connectivity index (χ0v) is 8.84. The zero-order chi connectivity index (χ0) is 10.8. The van der Waals surface area contributed by atoms with Crippen molar-refractivity contribution in [2.45, 2.75) is 31.7 Å². The number of hydrogen-bond donors (Lipinski definition) is 0. The molecule has 1 aromatic carbocycles. The van der Waals surface area contributed by atoms with Crippen molar-refractivity contribution in [1.82, 2.24) is 0 Å². The first-order valence-electron chi connectivity index (χ1n) is 5.36. The lowest BCUT2D eigenvalue weighted by Gasteiger charge is -2.26. The molecule has 82 valence electrons. The lowest BCUT2D eigenvalue weighted by molar-refractivity contribution is 0.578. The third-order valence-corrected chi connectivity index (χ3v) is 3.16. The number of benzene rings is 1. The first-order chi connectivity index (χ1) is 7.18. The minimum atomic E-state index is -0.378. The van der Waals surface area contributed by atoms with Gasteiger partial charge < -0.3 is 4.90 Å². The molecular formula is C12H15F2N. The van der Waals surface area contributed by atoms with E-state index in [2.05, 4.69) is 0 Å². The van der Waals surface area contributed by atoms with E-state index in [1.165, 1.54) is 25.0 Å². The van der Waals surface area contributed by atoms with Gasteiger partial charge in [0, 0.05) is 19.2 Å². The molecule has 0 aromatic heterocycles. The van der Waals surface area contributed by atoms with Gasteiger partial charge in [0.15, 0.2) is 0 Å². The summed E-state index contributed by atoms with van der Waals surface area (Å²) in [5, 5.41) is 0. The minimum Gasteiger partial charge on any atom is -0.369 e. The number of nitrogens with zero attached hydrogens (tertiary/aromatic N) is 1. The molecule has 0 spiro atoms.